The van der Waals surface area contributed by atoms with Gasteiger partial charge in [0.1, 0.15) is 11.7 Å². The number of hydrogen-bond donors (Lipinski definition) is 1. The molecule has 1 heterocycles. The largest absolute Gasteiger partial charge is 0.443 e. The summed E-state index contributed by atoms with van der Waals surface area (Å²) < 4.78 is 81.2. The Morgan fingerprint density at radius 3 is 1.78 bits per heavy atom. The summed E-state index contributed by atoms with van der Waals surface area (Å²) in [7, 11) is 0. The highest BCUT2D eigenvalue weighted by atomic mass is 19.4. The van der Waals surface area contributed by atoms with Crippen LogP contribution in [0.15, 0.2) is 70.6 Å². The van der Waals surface area contributed by atoms with Crippen molar-refractivity contribution in [2.24, 2.45) is 9.98 Å². The van der Waals surface area contributed by atoms with Crippen LogP contribution in [0.1, 0.15) is 11.1 Å². The molecule has 3 rings (SSSR count). The number of benzene rings is 2. The molecule has 0 spiro atoms. The van der Waals surface area contributed by atoms with Crippen LogP contribution in [0.5, 0.6) is 0 Å². The maximum Gasteiger partial charge on any atom is 0.443 e. The number of nitrogens with one attached hydrogen (secondary N) is 1. The standard InChI is InChI=1S/C18H13F6N3/c19-17(20,21)16(18(22,23)24)26-14(11-12-7-3-1-4-8-12)25-15(27-16)13-9-5-2-6-10-13/h1-10H,11H2,(H,25,26,27). The van der Waals surface area contributed by atoms with E-state index in [-0.39, 0.29) is 12.0 Å². The minimum Gasteiger partial charge on any atom is -0.328 e. The van der Waals surface area contributed by atoms with Gasteiger partial charge in [0, 0.05) is 12.0 Å². The average molecular weight is 385 g/mol. The second-order valence-electron chi connectivity index (χ2n) is 5.84. The lowest BCUT2D eigenvalue weighted by Gasteiger charge is -2.35. The molecule has 0 atom stereocenters. The predicted molar refractivity (Wildman–Crippen MR) is 88.5 cm³/mol. The fourth-order valence-electron chi connectivity index (χ4n) is 2.59. The third-order valence-electron chi connectivity index (χ3n) is 3.89. The van der Waals surface area contributed by atoms with E-state index in [0.29, 0.717) is 5.56 Å². The molecule has 1 N–H and O–H groups in total. The first kappa shape index (κ1) is 18.9. The molecule has 3 nitrogen and oxygen atoms in total. The summed E-state index contributed by atoms with van der Waals surface area (Å²) in [5.74, 6) is -1.00. The molecule has 0 radical (unpaired) electrons. The number of hydrogen-bond acceptors (Lipinski definition) is 3. The van der Waals surface area contributed by atoms with Crippen LogP contribution in [0.2, 0.25) is 0 Å². The Balaban J connectivity index is 2.14. The molecular formula is C18H13F6N3. The van der Waals surface area contributed by atoms with E-state index in [4.69, 9.17) is 0 Å². The van der Waals surface area contributed by atoms with E-state index in [1.807, 2.05) is 0 Å². The van der Waals surface area contributed by atoms with Crippen molar-refractivity contribution in [3.63, 3.8) is 0 Å². The van der Waals surface area contributed by atoms with Crippen LogP contribution in [0.25, 0.3) is 0 Å². The van der Waals surface area contributed by atoms with Gasteiger partial charge in [-0.1, -0.05) is 60.7 Å². The van der Waals surface area contributed by atoms with Crippen molar-refractivity contribution in [3.8, 4) is 0 Å². The maximum absolute atomic E-state index is 13.5. The van der Waals surface area contributed by atoms with Gasteiger partial charge in [-0.05, 0) is 5.56 Å². The third kappa shape index (κ3) is 3.67. The van der Waals surface area contributed by atoms with Crippen LogP contribution in [0.4, 0.5) is 26.3 Å². The summed E-state index contributed by atoms with van der Waals surface area (Å²) >= 11 is 0. The zero-order valence-electron chi connectivity index (χ0n) is 13.6. The highest BCUT2D eigenvalue weighted by Crippen LogP contribution is 2.48. The molecule has 0 aliphatic carbocycles. The van der Waals surface area contributed by atoms with E-state index in [0.717, 1.165) is 0 Å². The Labute approximate surface area is 150 Å². The van der Waals surface area contributed by atoms with Crippen LogP contribution in [0.3, 0.4) is 0 Å². The Morgan fingerprint density at radius 1 is 0.741 bits per heavy atom. The van der Waals surface area contributed by atoms with Crippen molar-refractivity contribution < 1.29 is 26.3 Å². The molecule has 0 aromatic heterocycles. The molecule has 2 aromatic rings. The predicted octanol–water partition coefficient (Wildman–Crippen LogP) is 4.50. The Hall–Kier alpha value is -2.84. The Bertz CT molecular complexity index is 840. The minimum absolute atomic E-state index is 0.0934. The van der Waals surface area contributed by atoms with Gasteiger partial charge in [0.25, 0.3) is 0 Å². The third-order valence-corrected chi connectivity index (χ3v) is 3.89. The molecule has 1 aliphatic heterocycles. The molecule has 0 saturated carbocycles. The molecule has 142 valence electrons. The minimum atomic E-state index is -5.75. The van der Waals surface area contributed by atoms with Gasteiger partial charge >= 0.3 is 18.0 Å². The van der Waals surface area contributed by atoms with E-state index >= 15 is 0 Å². The number of alkyl halides is 6. The molecule has 0 unspecified atom stereocenters. The number of rotatable bonds is 3. The molecule has 0 amide bonds. The van der Waals surface area contributed by atoms with E-state index in [2.05, 4.69) is 15.3 Å². The monoisotopic (exact) mass is 385 g/mol. The lowest BCUT2D eigenvalue weighted by atomic mass is 10.1. The maximum atomic E-state index is 13.5. The first-order valence-corrected chi connectivity index (χ1v) is 7.81. The quantitative estimate of drug-likeness (QED) is 0.777. The molecule has 27 heavy (non-hydrogen) atoms. The van der Waals surface area contributed by atoms with Crippen molar-refractivity contribution in [3.05, 3.63) is 71.8 Å². The van der Waals surface area contributed by atoms with Crippen LogP contribution in [-0.2, 0) is 6.42 Å². The fourth-order valence-corrected chi connectivity index (χ4v) is 2.59. The summed E-state index contributed by atoms with van der Waals surface area (Å²) in [6.45, 7) is 0. The Morgan fingerprint density at radius 2 is 1.26 bits per heavy atom. The lowest BCUT2D eigenvalue weighted by molar-refractivity contribution is -0.292. The van der Waals surface area contributed by atoms with Crippen molar-refractivity contribution in [2.45, 2.75) is 24.4 Å². The topological polar surface area (TPSA) is 36.8 Å². The van der Waals surface area contributed by atoms with Crippen LogP contribution >= 0.6 is 0 Å². The molecule has 0 bridgehead atoms. The van der Waals surface area contributed by atoms with Crippen molar-refractivity contribution >= 4 is 11.7 Å². The zero-order valence-corrected chi connectivity index (χ0v) is 13.6. The highest BCUT2D eigenvalue weighted by molar-refractivity contribution is 6.11. The second-order valence-corrected chi connectivity index (χ2v) is 5.84. The van der Waals surface area contributed by atoms with E-state index in [9.17, 15) is 26.3 Å². The van der Waals surface area contributed by atoms with Crippen molar-refractivity contribution in [1.29, 1.82) is 0 Å². The number of nitrogens with zero attached hydrogens (tertiary/aromatic N) is 2. The van der Waals surface area contributed by atoms with Gasteiger partial charge in [-0.15, -0.1) is 0 Å². The zero-order chi connectivity index (χ0) is 19.7. The highest BCUT2D eigenvalue weighted by Gasteiger charge is 2.73. The van der Waals surface area contributed by atoms with E-state index < -0.39 is 29.7 Å². The summed E-state index contributed by atoms with van der Waals surface area (Å²) in [5.41, 5.74) is -3.95. The lowest BCUT2D eigenvalue weighted by Crippen LogP contribution is -2.59. The van der Waals surface area contributed by atoms with Gasteiger partial charge in [0.2, 0.25) is 0 Å². The van der Waals surface area contributed by atoms with Gasteiger partial charge in [-0.3, -0.25) is 0 Å². The van der Waals surface area contributed by atoms with Gasteiger partial charge in [0.15, 0.2) is 0 Å². The van der Waals surface area contributed by atoms with Crippen molar-refractivity contribution in [2.75, 3.05) is 0 Å². The van der Waals surface area contributed by atoms with Gasteiger partial charge in [0.05, 0.1) is 0 Å². The SMILES string of the molecule is FC(F)(F)C1(C(F)(F)F)N=C(Cc2ccccc2)NC(c2ccccc2)=N1. The normalized spacial score (nSPS) is 17.0. The van der Waals surface area contributed by atoms with Crippen LogP contribution in [-0.4, -0.2) is 29.7 Å². The van der Waals surface area contributed by atoms with E-state index in [1.165, 1.54) is 24.3 Å². The number of amidine groups is 2. The van der Waals surface area contributed by atoms with Gasteiger partial charge < -0.3 is 5.32 Å². The first-order valence-electron chi connectivity index (χ1n) is 7.81. The molecular weight excluding hydrogens is 372 g/mol. The van der Waals surface area contributed by atoms with Crippen molar-refractivity contribution in [1.82, 2.24) is 5.32 Å². The van der Waals surface area contributed by atoms with Crippen LogP contribution in [0, 0.1) is 0 Å². The average Bonchev–Trinajstić information content (AvgIpc) is 2.61. The summed E-state index contributed by atoms with van der Waals surface area (Å²) in [4.78, 5) is 5.98. The number of aliphatic imine (C=N–C) groups is 2. The molecule has 0 fully saturated rings. The van der Waals surface area contributed by atoms with Gasteiger partial charge in [-0.2, -0.15) is 26.3 Å². The molecule has 0 saturated heterocycles. The first-order chi connectivity index (χ1) is 12.6. The summed E-state index contributed by atoms with van der Waals surface area (Å²) in [5, 5.41) is 2.52. The summed E-state index contributed by atoms with van der Waals surface area (Å²) in [6, 6.07) is 15.4. The second kappa shape index (κ2) is 6.71. The molecule has 9 heteroatoms. The smallest absolute Gasteiger partial charge is 0.328 e. The van der Waals surface area contributed by atoms with E-state index in [1.54, 1.807) is 36.4 Å². The summed E-state index contributed by atoms with van der Waals surface area (Å²) in [6.07, 6.45) is -11.7. The fraction of sp³-hybridized carbons (Fsp3) is 0.222. The van der Waals surface area contributed by atoms with Gasteiger partial charge in [-0.25, -0.2) is 9.98 Å². The van der Waals surface area contributed by atoms with Crippen LogP contribution < -0.4 is 5.32 Å². The molecule has 1 aliphatic rings. The Kier molecular flexibility index (Phi) is 4.71. The molecule has 2 aromatic carbocycles. The number of halogens is 6.